The van der Waals surface area contributed by atoms with Crippen LogP contribution in [0, 0.1) is 23.3 Å². The van der Waals surface area contributed by atoms with E-state index in [-0.39, 0.29) is 36.3 Å². The number of likely N-dealkylation sites (tertiary alicyclic amines) is 1. The second-order valence-corrected chi connectivity index (χ2v) is 7.10. The number of carbonyl (C=O) groups excluding carboxylic acids is 1. The van der Waals surface area contributed by atoms with Gasteiger partial charge in [0.15, 0.2) is 23.2 Å². The van der Waals surface area contributed by atoms with Crippen molar-refractivity contribution in [3.8, 4) is 5.75 Å². The molecule has 2 aromatic rings. The molecule has 2 aromatic carbocycles. The van der Waals surface area contributed by atoms with Crippen LogP contribution in [0.4, 0.5) is 22.4 Å². The summed E-state index contributed by atoms with van der Waals surface area (Å²) < 4.78 is 64.0. The first-order valence-corrected chi connectivity index (χ1v) is 8.99. The van der Waals surface area contributed by atoms with E-state index < -0.39 is 35.4 Å². The highest BCUT2D eigenvalue weighted by Gasteiger charge is 2.35. The van der Waals surface area contributed by atoms with Crippen molar-refractivity contribution >= 4 is 18.7 Å². The van der Waals surface area contributed by atoms with Gasteiger partial charge < -0.3 is 14.4 Å². The highest BCUT2D eigenvalue weighted by molar-refractivity contribution is 7.81. The van der Waals surface area contributed by atoms with Gasteiger partial charge in [0.2, 0.25) is 0 Å². The van der Waals surface area contributed by atoms with E-state index in [0.29, 0.717) is 12.5 Å². The maximum absolute atomic E-state index is 13.7. The molecule has 3 rings (SSSR count). The maximum atomic E-state index is 13.7. The zero-order valence-electron chi connectivity index (χ0n) is 14.6. The third-order valence-corrected chi connectivity index (χ3v) is 4.69. The number of carbonyl (C=O) groups is 1. The molecule has 28 heavy (non-hydrogen) atoms. The van der Waals surface area contributed by atoms with Gasteiger partial charge in [0.1, 0.15) is 5.82 Å². The molecule has 1 heterocycles. The van der Waals surface area contributed by atoms with Crippen LogP contribution in [-0.2, 0) is 11.3 Å². The largest absolute Gasteiger partial charge is 0.415 e. The number of para-hydroxylation sites is 1. The van der Waals surface area contributed by atoms with E-state index in [1.54, 1.807) is 0 Å². The molecule has 4 nitrogen and oxygen atoms in total. The average molecular weight is 415 g/mol. The van der Waals surface area contributed by atoms with Crippen LogP contribution < -0.4 is 4.74 Å². The summed E-state index contributed by atoms with van der Waals surface area (Å²) in [4.78, 5) is 13.7. The summed E-state index contributed by atoms with van der Waals surface area (Å²) in [6.45, 7) is -0.0290. The van der Waals surface area contributed by atoms with Crippen molar-refractivity contribution in [3.05, 3.63) is 65.2 Å². The van der Waals surface area contributed by atoms with Gasteiger partial charge in [0, 0.05) is 23.4 Å². The van der Waals surface area contributed by atoms with Crippen LogP contribution in [0.2, 0.25) is 0 Å². The van der Waals surface area contributed by atoms with E-state index >= 15 is 0 Å². The fraction of sp³-hybridized carbons (Fsp3) is 0.316. The zero-order chi connectivity index (χ0) is 20.3. The third kappa shape index (κ3) is 4.77. The Morgan fingerprint density at radius 2 is 1.79 bits per heavy atom. The van der Waals surface area contributed by atoms with Gasteiger partial charge in [-0.25, -0.2) is 22.4 Å². The normalized spacial score (nSPS) is 19.1. The van der Waals surface area contributed by atoms with Gasteiger partial charge in [-0.15, -0.1) is 0 Å². The predicted octanol–water partition coefficient (Wildman–Crippen LogP) is 4.33. The number of hydrogen-bond donors (Lipinski definition) is 1. The lowest BCUT2D eigenvalue weighted by Crippen LogP contribution is -2.40. The molecule has 0 bridgehead atoms. The van der Waals surface area contributed by atoms with Crippen LogP contribution in [0.15, 0.2) is 36.4 Å². The fourth-order valence-electron chi connectivity index (χ4n) is 2.93. The SMILES string of the molecule is O=C(Oc1ccccc1F)N1C[C@H](S)C[C@H]1COCc1cc(F)c(F)cc1F. The van der Waals surface area contributed by atoms with E-state index in [4.69, 9.17) is 9.47 Å². The maximum Gasteiger partial charge on any atom is 0.415 e. The van der Waals surface area contributed by atoms with Gasteiger partial charge in [0.25, 0.3) is 0 Å². The molecule has 2 atom stereocenters. The van der Waals surface area contributed by atoms with Crippen LogP contribution in [0.25, 0.3) is 0 Å². The zero-order valence-corrected chi connectivity index (χ0v) is 15.5. The number of nitrogens with zero attached hydrogens (tertiary/aromatic N) is 1. The molecule has 150 valence electrons. The van der Waals surface area contributed by atoms with E-state index in [0.717, 1.165) is 6.07 Å². The van der Waals surface area contributed by atoms with Gasteiger partial charge in [-0.1, -0.05) is 12.1 Å². The topological polar surface area (TPSA) is 38.8 Å². The smallest absolute Gasteiger partial charge is 0.407 e. The van der Waals surface area contributed by atoms with Crippen LogP contribution in [0.5, 0.6) is 5.75 Å². The average Bonchev–Trinajstić information content (AvgIpc) is 3.02. The summed E-state index contributed by atoms with van der Waals surface area (Å²) in [5.74, 6) is -4.24. The van der Waals surface area contributed by atoms with Crippen LogP contribution in [-0.4, -0.2) is 35.4 Å². The molecule has 0 saturated carbocycles. The van der Waals surface area contributed by atoms with Crippen molar-refractivity contribution in [2.75, 3.05) is 13.2 Å². The van der Waals surface area contributed by atoms with Crippen molar-refractivity contribution in [1.82, 2.24) is 4.90 Å². The predicted molar refractivity (Wildman–Crippen MR) is 96.3 cm³/mol. The van der Waals surface area contributed by atoms with Crippen LogP contribution in [0.3, 0.4) is 0 Å². The summed E-state index contributed by atoms with van der Waals surface area (Å²) in [7, 11) is 0. The molecule has 1 amide bonds. The number of ether oxygens (including phenoxy) is 2. The highest BCUT2D eigenvalue weighted by atomic mass is 32.1. The molecule has 9 heteroatoms. The van der Waals surface area contributed by atoms with Crippen molar-refractivity contribution in [3.63, 3.8) is 0 Å². The van der Waals surface area contributed by atoms with Gasteiger partial charge in [-0.05, 0) is 24.6 Å². The number of rotatable bonds is 5. The molecule has 0 N–H and O–H groups in total. The summed E-state index contributed by atoms with van der Waals surface area (Å²) in [6.07, 6.45) is -0.273. The second kappa shape index (κ2) is 8.83. The van der Waals surface area contributed by atoms with Gasteiger partial charge in [-0.3, -0.25) is 0 Å². The molecular formula is C19H17F4NO3S. The Morgan fingerprint density at radius 3 is 2.54 bits per heavy atom. The van der Waals surface area contributed by atoms with Gasteiger partial charge >= 0.3 is 6.09 Å². The minimum absolute atomic E-state index is 0.00185. The van der Waals surface area contributed by atoms with Crippen molar-refractivity contribution in [2.24, 2.45) is 0 Å². The Bertz CT molecular complexity index is 867. The number of thiol groups is 1. The number of amides is 1. The molecule has 1 fully saturated rings. The lowest BCUT2D eigenvalue weighted by Gasteiger charge is -2.23. The first-order chi connectivity index (χ1) is 13.3. The molecule has 0 unspecified atom stereocenters. The first kappa shape index (κ1) is 20.5. The summed E-state index contributed by atoms with van der Waals surface area (Å²) >= 11 is 4.35. The standard InChI is InChI=1S/C19H17F4NO3S/c20-14-3-1-2-4-18(14)27-19(25)24-8-13(28)6-12(24)10-26-9-11-5-16(22)17(23)7-15(11)21/h1-5,7,12-13,28H,6,8-10H2/t12-,13+/m0/s1. The molecule has 0 radical (unpaired) electrons. The van der Waals surface area contributed by atoms with E-state index in [2.05, 4.69) is 12.6 Å². The Labute approximate surface area is 164 Å². The molecule has 0 aliphatic carbocycles. The lowest BCUT2D eigenvalue weighted by molar-refractivity contribution is 0.0646. The molecule has 1 aliphatic heterocycles. The summed E-state index contributed by atoms with van der Waals surface area (Å²) in [5.41, 5.74) is -0.139. The molecule has 0 aromatic heterocycles. The summed E-state index contributed by atoms with van der Waals surface area (Å²) in [6, 6.07) is 6.25. The van der Waals surface area contributed by atoms with Crippen molar-refractivity contribution in [2.45, 2.75) is 24.3 Å². The number of benzene rings is 2. The van der Waals surface area contributed by atoms with Gasteiger partial charge in [0.05, 0.1) is 19.3 Å². The highest BCUT2D eigenvalue weighted by Crippen LogP contribution is 2.25. The number of halogens is 4. The first-order valence-electron chi connectivity index (χ1n) is 8.47. The van der Waals surface area contributed by atoms with Crippen LogP contribution >= 0.6 is 12.6 Å². The third-order valence-electron chi connectivity index (χ3n) is 4.32. The van der Waals surface area contributed by atoms with E-state index in [1.165, 1.54) is 29.2 Å². The molecule has 1 aliphatic rings. The molecular weight excluding hydrogens is 398 g/mol. The van der Waals surface area contributed by atoms with Crippen molar-refractivity contribution in [1.29, 1.82) is 0 Å². The molecule has 1 saturated heterocycles. The Balaban J connectivity index is 1.60. The quantitative estimate of drug-likeness (QED) is 0.449. The van der Waals surface area contributed by atoms with Gasteiger partial charge in [-0.2, -0.15) is 12.6 Å². The van der Waals surface area contributed by atoms with E-state index in [9.17, 15) is 22.4 Å². The summed E-state index contributed by atoms with van der Waals surface area (Å²) in [5, 5.41) is -0.137. The van der Waals surface area contributed by atoms with Crippen LogP contribution in [0.1, 0.15) is 12.0 Å². The van der Waals surface area contributed by atoms with Crippen molar-refractivity contribution < 1.29 is 31.8 Å². The Kier molecular flexibility index (Phi) is 6.46. The Morgan fingerprint density at radius 1 is 1.07 bits per heavy atom. The monoisotopic (exact) mass is 415 g/mol. The second-order valence-electron chi connectivity index (χ2n) is 6.37. The number of hydrogen-bond acceptors (Lipinski definition) is 4. The van der Waals surface area contributed by atoms with E-state index in [1.807, 2.05) is 0 Å². The lowest BCUT2D eigenvalue weighted by atomic mass is 10.2. The molecule has 0 spiro atoms. The Hall–Kier alpha value is -2.26. The minimum atomic E-state index is -1.28. The fourth-order valence-corrected chi connectivity index (χ4v) is 3.35. The minimum Gasteiger partial charge on any atom is -0.407 e.